The quantitative estimate of drug-likeness (QED) is 0.686. The molecule has 2 rings (SSSR count). The largest absolute Gasteiger partial charge is 0.399 e. The van der Waals surface area contributed by atoms with Gasteiger partial charge in [-0.2, -0.15) is 0 Å². The van der Waals surface area contributed by atoms with Gasteiger partial charge in [0.1, 0.15) is 0 Å². The number of hydrogen-bond acceptors (Lipinski definition) is 4. The molecule has 0 heterocycles. The molecule has 0 bridgehead atoms. The summed E-state index contributed by atoms with van der Waals surface area (Å²) < 4.78 is 0. The summed E-state index contributed by atoms with van der Waals surface area (Å²) in [5.74, 6) is -0.0433. The number of rotatable bonds is 6. The minimum absolute atomic E-state index is 0.0433. The van der Waals surface area contributed by atoms with Crippen molar-refractivity contribution in [2.75, 3.05) is 30.7 Å². The molecule has 1 fully saturated rings. The number of anilines is 2. The van der Waals surface area contributed by atoms with Crippen LogP contribution < -0.4 is 11.1 Å². The van der Waals surface area contributed by atoms with Crippen LogP contribution in [-0.2, 0) is 4.79 Å². The lowest BCUT2D eigenvalue weighted by Gasteiger charge is -2.36. The molecule has 1 aromatic rings. The van der Waals surface area contributed by atoms with E-state index in [9.17, 15) is 4.79 Å². The molecule has 0 aromatic heterocycles. The van der Waals surface area contributed by atoms with E-state index in [1.165, 1.54) is 6.42 Å². The molecule has 5 nitrogen and oxygen atoms in total. The Morgan fingerprint density at radius 3 is 2.80 bits per heavy atom. The van der Waals surface area contributed by atoms with E-state index in [0.29, 0.717) is 24.8 Å². The Balaban J connectivity index is 1.93. The van der Waals surface area contributed by atoms with Crippen LogP contribution in [0.5, 0.6) is 0 Å². The molecule has 4 N–H and O–H groups in total. The monoisotopic (exact) mass is 277 g/mol. The maximum atomic E-state index is 12.1. The summed E-state index contributed by atoms with van der Waals surface area (Å²) in [4.78, 5) is 14.2. The van der Waals surface area contributed by atoms with Crippen LogP contribution in [0.2, 0.25) is 0 Å². The SMILES string of the molecule is Cc1cc(N)ccc1NC(=O)CN(CCO)C1CCC1. The van der Waals surface area contributed by atoms with Crippen LogP contribution in [0.25, 0.3) is 0 Å². The zero-order chi connectivity index (χ0) is 14.5. The normalized spacial score (nSPS) is 15.2. The Bertz CT molecular complexity index is 472. The maximum absolute atomic E-state index is 12.1. The second-order valence-electron chi connectivity index (χ2n) is 5.40. The van der Waals surface area contributed by atoms with Crippen molar-refractivity contribution < 1.29 is 9.90 Å². The lowest BCUT2D eigenvalue weighted by atomic mass is 9.91. The fourth-order valence-electron chi connectivity index (χ4n) is 2.47. The van der Waals surface area contributed by atoms with Crippen molar-refractivity contribution in [3.63, 3.8) is 0 Å². The average Bonchev–Trinajstić information content (AvgIpc) is 2.31. The van der Waals surface area contributed by atoms with Gasteiger partial charge >= 0.3 is 0 Å². The van der Waals surface area contributed by atoms with E-state index in [1.807, 2.05) is 19.1 Å². The van der Waals surface area contributed by atoms with Gasteiger partial charge in [-0.25, -0.2) is 0 Å². The molecule has 1 aliphatic rings. The molecular weight excluding hydrogens is 254 g/mol. The van der Waals surface area contributed by atoms with E-state index in [4.69, 9.17) is 10.8 Å². The van der Waals surface area contributed by atoms with Crippen LogP contribution in [0.1, 0.15) is 24.8 Å². The third-order valence-corrected chi connectivity index (χ3v) is 3.85. The number of aryl methyl sites for hydroxylation is 1. The Morgan fingerprint density at radius 1 is 1.50 bits per heavy atom. The number of aliphatic hydroxyl groups is 1. The molecule has 1 amide bonds. The highest BCUT2D eigenvalue weighted by atomic mass is 16.3. The van der Waals surface area contributed by atoms with Gasteiger partial charge in [-0.05, 0) is 43.5 Å². The molecule has 1 aromatic carbocycles. The smallest absolute Gasteiger partial charge is 0.238 e. The van der Waals surface area contributed by atoms with Gasteiger partial charge in [0.15, 0.2) is 0 Å². The van der Waals surface area contributed by atoms with Gasteiger partial charge in [-0.3, -0.25) is 9.69 Å². The van der Waals surface area contributed by atoms with Gasteiger partial charge in [0.25, 0.3) is 0 Å². The minimum Gasteiger partial charge on any atom is -0.399 e. The van der Waals surface area contributed by atoms with E-state index in [0.717, 1.165) is 24.1 Å². The topological polar surface area (TPSA) is 78.6 Å². The van der Waals surface area contributed by atoms with Gasteiger partial charge < -0.3 is 16.2 Å². The number of benzene rings is 1. The number of carbonyl (C=O) groups excluding carboxylic acids is 1. The van der Waals surface area contributed by atoms with Crippen LogP contribution in [0.4, 0.5) is 11.4 Å². The fourth-order valence-corrected chi connectivity index (χ4v) is 2.47. The minimum atomic E-state index is -0.0433. The lowest BCUT2D eigenvalue weighted by Crippen LogP contribution is -2.45. The summed E-state index contributed by atoms with van der Waals surface area (Å²) in [5, 5.41) is 12.0. The van der Waals surface area contributed by atoms with Crippen LogP contribution in [0.15, 0.2) is 18.2 Å². The van der Waals surface area contributed by atoms with E-state index in [-0.39, 0.29) is 12.5 Å². The van der Waals surface area contributed by atoms with Crippen molar-refractivity contribution in [1.29, 1.82) is 0 Å². The van der Waals surface area contributed by atoms with E-state index in [2.05, 4.69) is 10.2 Å². The summed E-state index contributed by atoms with van der Waals surface area (Å²) >= 11 is 0. The molecular formula is C15H23N3O2. The molecule has 0 spiro atoms. The number of carbonyl (C=O) groups is 1. The van der Waals surface area contributed by atoms with E-state index in [1.54, 1.807) is 6.07 Å². The predicted octanol–water partition coefficient (Wildman–Crippen LogP) is 1.36. The molecule has 0 atom stereocenters. The standard InChI is InChI=1S/C15H23N3O2/c1-11-9-12(16)5-6-14(11)17-15(20)10-18(7-8-19)13-3-2-4-13/h5-6,9,13,19H,2-4,7-8,10,16H2,1H3,(H,17,20). The first-order valence-corrected chi connectivity index (χ1v) is 7.11. The maximum Gasteiger partial charge on any atom is 0.238 e. The highest BCUT2D eigenvalue weighted by molar-refractivity contribution is 5.93. The number of amides is 1. The lowest BCUT2D eigenvalue weighted by molar-refractivity contribution is -0.118. The summed E-state index contributed by atoms with van der Waals surface area (Å²) in [6.07, 6.45) is 3.45. The van der Waals surface area contributed by atoms with Crippen molar-refractivity contribution in [2.45, 2.75) is 32.2 Å². The Morgan fingerprint density at radius 2 is 2.25 bits per heavy atom. The number of hydrogen-bond donors (Lipinski definition) is 3. The third-order valence-electron chi connectivity index (χ3n) is 3.85. The number of nitrogens with zero attached hydrogens (tertiary/aromatic N) is 1. The van der Waals surface area contributed by atoms with Crippen LogP contribution in [0.3, 0.4) is 0 Å². The highest BCUT2D eigenvalue weighted by Gasteiger charge is 2.26. The number of nitrogens with two attached hydrogens (primary N) is 1. The Hall–Kier alpha value is -1.59. The van der Waals surface area contributed by atoms with Crippen molar-refractivity contribution in [3.05, 3.63) is 23.8 Å². The van der Waals surface area contributed by atoms with Gasteiger partial charge in [0.2, 0.25) is 5.91 Å². The summed E-state index contributed by atoms with van der Waals surface area (Å²) in [6.45, 7) is 2.89. The number of aliphatic hydroxyl groups excluding tert-OH is 1. The van der Waals surface area contributed by atoms with Crippen molar-refractivity contribution in [1.82, 2.24) is 4.90 Å². The fraction of sp³-hybridized carbons (Fsp3) is 0.533. The first-order chi connectivity index (χ1) is 9.60. The molecule has 0 radical (unpaired) electrons. The number of nitrogen functional groups attached to an aromatic ring is 1. The van der Waals surface area contributed by atoms with Gasteiger partial charge in [0, 0.05) is 24.0 Å². The van der Waals surface area contributed by atoms with Crippen LogP contribution in [-0.4, -0.2) is 41.7 Å². The molecule has 110 valence electrons. The highest BCUT2D eigenvalue weighted by Crippen LogP contribution is 2.24. The predicted molar refractivity (Wildman–Crippen MR) is 80.5 cm³/mol. The third kappa shape index (κ3) is 3.71. The Labute approximate surface area is 119 Å². The van der Waals surface area contributed by atoms with Crippen molar-refractivity contribution in [2.24, 2.45) is 0 Å². The van der Waals surface area contributed by atoms with Gasteiger partial charge in [-0.15, -0.1) is 0 Å². The zero-order valence-electron chi connectivity index (χ0n) is 11.9. The molecule has 1 saturated carbocycles. The molecule has 0 unspecified atom stereocenters. The van der Waals surface area contributed by atoms with Gasteiger partial charge in [-0.1, -0.05) is 6.42 Å². The van der Waals surface area contributed by atoms with Crippen molar-refractivity contribution >= 4 is 17.3 Å². The first-order valence-electron chi connectivity index (χ1n) is 7.11. The molecule has 1 aliphatic carbocycles. The molecule has 0 saturated heterocycles. The molecule has 5 heteroatoms. The number of nitrogens with one attached hydrogen (secondary N) is 1. The van der Waals surface area contributed by atoms with Gasteiger partial charge in [0.05, 0.1) is 13.2 Å². The second kappa shape index (κ2) is 6.72. The van der Waals surface area contributed by atoms with Crippen LogP contribution >= 0.6 is 0 Å². The molecule has 0 aliphatic heterocycles. The summed E-state index contributed by atoms with van der Waals surface area (Å²) in [7, 11) is 0. The van der Waals surface area contributed by atoms with E-state index < -0.39 is 0 Å². The molecule has 20 heavy (non-hydrogen) atoms. The zero-order valence-corrected chi connectivity index (χ0v) is 11.9. The second-order valence-corrected chi connectivity index (χ2v) is 5.40. The Kier molecular flexibility index (Phi) is 4.98. The summed E-state index contributed by atoms with van der Waals surface area (Å²) in [6, 6.07) is 5.88. The van der Waals surface area contributed by atoms with E-state index >= 15 is 0 Å². The first kappa shape index (κ1) is 14.8. The summed E-state index contributed by atoms with van der Waals surface area (Å²) in [5.41, 5.74) is 8.13. The van der Waals surface area contributed by atoms with Crippen molar-refractivity contribution in [3.8, 4) is 0 Å². The average molecular weight is 277 g/mol. The van der Waals surface area contributed by atoms with Crippen LogP contribution in [0, 0.1) is 6.92 Å².